The van der Waals surface area contributed by atoms with Crippen LogP contribution in [0.4, 0.5) is 5.95 Å². The number of hydrogen-bond donors (Lipinski definition) is 1. The average molecular weight is 216 g/mol. The summed E-state index contributed by atoms with van der Waals surface area (Å²) >= 11 is 0. The van der Waals surface area contributed by atoms with Crippen molar-refractivity contribution in [2.45, 2.75) is 20.8 Å². The van der Waals surface area contributed by atoms with Crippen LogP contribution in [0.5, 0.6) is 0 Å². The summed E-state index contributed by atoms with van der Waals surface area (Å²) in [7, 11) is 0. The molecular formula is C12H16N4. The van der Waals surface area contributed by atoms with Crippen molar-refractivity contribution in [3.05, 3.63) is 35.9 Å². The molecule has 2 aromatic heterocycles. The Morgan fingerprint density at radius 2 is 2.12 bits per heavy atom. The Balaban J connectivity index is 2.46. The Hall–Kier alpha value is -1.84. The van der Waals surface area contributed by atoms with Crippen LogP contribution >= 0.6 is 0 Å². The monoisotopic (exact) mass is 216 g/mol. The van der Waals surface area contributed by atoms with E-state index in [2.05, 4.69) is 28.3 Å². The van der Waals surface area contributed by atoms with Crippen molar-refractivity contribution in [2.24, 2.45) is 0 Å². The summed E-state index contributed by atoms with van der Waals surface area (Å²) in [5.74, 6) is 0.858. The Kier molecular flexibility index (Phi) is 2.90. The highest BCUT2D eigenvalue weighted by Gasteiger charge is 2.06. The third-order valence-corrected chi connectivity index (χ3v) is 2.43. The first-order valence-electron chi connectivity index (χ1n) is 5.44. The molecule has 0 atom stereocenters. The molecule has 2 heterocycles. The van der Waals surface area contributed by atoms with Crippen LogP contribution in [0.2, 0.25) is 0 Å². The van der Waals surface area contributed by atoms with E-state index in [1.54, 1.807) is 6.20 Å². The van der Waals surface area contributed by atoms with Crippen molar-refractivity contribution in [1.82, 2.24) is 14.5 Å². The van der Waals surface area contributed by atoms with Gasteiger partial charge in [0.2, 0.25) is 5.95 Å². The molecule has 0 saturated carbocycles. The standard InChI is InChI=1S/C12H16N4/c1-4-13-12-14-7-8-16(12)11-6-5-9(2)15-10(11)3/h5-8H,4H2,1-3H3,(H,13,14). The fourth-order valence-corrected chi connectivity index (χ4v) is 1.72. The molecule has 0 aliphatic rings. The SMILES string of the molecule is CCNc1nccn1-c1ccc(C)nc1C. The van der Waals surface area contributed by atoms with Gasteiger partial charge in [-0.05, 0) is 32.9 Å². The molecule has 84 valence electrons. The van der Waals surface area contributed by atoms with Gasteiger partial charge in [0.15, 0.2) is 0 Å². The van der Waals surface area contributed by atoms with Crippen LogP contribution in [0.3, 0.4) is 0 Å². The molecular weight excluding hydrogens is 200 g/mol. The Morgan fingerprint density at radius 1 is 1.31 bits per heavy atom. The van der Waals surface area contributed by atoms with E-state index in [0.717, 1.165) is 29.6 Å². The molecule has 0 saturated heterocycles. The molecule has 1 N–H and O–H groups in total. The zero-order valence-corrected chi connectivity index (χ0v) is 9.86. The highest BCUT2D eigenvalue weighted by atomic mass is 15.2. The van der Waals surface area contributed by atoms with E-state index in [9.17, 15) is 0 Å². The largest absolute Gasteiger partial charge is 0.356 e. The van der Waals surface area contributed by atoms with Gasteiger partial charge in [0.1, 0.15) is 0 Å². The van der Waals surface area contributed by atoms with E-state index in [1.165, 1.54) is 0 Å². The molecule has 4 heteroatoms. The molecule has 4 nitrogen and oxygen atoms in total. The molecule has 0 bridgehead atoms. The topological polar surface area (TPSA) is 42.7 Å². The first-order valence-corrected chi connectivity index (χ1v) is 5.44. The lowest BCUT2D eigenvalue weighted by Gasteiger charge is -2.10. The summed E-state index contributed by atoms with van der Waals surface area (Å²) in [4.78, 5) is 8.72. The summed E-state index contributed by atoms with van der Waals surface area (Å²) in [6, 6.07) is 4.08. The van der Waals surface area contributed by atoms with Crippen molar-refractivity contribution in [3.63, 3.8) is 0 Å². The van der Waals surface area contributed by atoms with Gasteiger partial charge in [-0.3, -0.25) is 9.55 Å². The van der Waals surface area contributed by atoms with E-state index < -0.39 is 0 Å². The lowest BCUT2D eigenvalue weighted by Crippen LogP contribution is -2.06. The molecule has 0 unspecified atom stereocenters. The van der Waals surface area contributed by atoms with Gasteiger partial charge in [-0.2, -0.15) is 0 Å². The van der Waals surface area contributed by atoms with Crippen molar-refractivity contribution < 1.29 is 0 Å². The van der Waals surface area contributed by atoms with E-state index in [1.807, 2.05) is 30.7 Å². The number of anilines is 1. The minimum Gasteiger partial charge on any atom is -0.356 e. The van der Waals surface area contributed by atoms with Gasteiger partial charge in [0.25, 0.3) is 0 Å². The maximum Gasteiger partial charge on any atom is 0.207 e. The summed E-state index contributed by atoms with van der Waals surface area (Å²) in [5, 5.41) is 3.22. The fourth-order valence-electron chi connectivity index (χ4n) is 1.72. The number of hydrogen-bond acceptors (Lipinski definition) is 3. The summed E-state index contributed by atoms with van der Waals surface area (Å²) in [5.41, 5.74) is 3.11. The van der Waals surface area contributed by atoms with Crippen LogP contribution in [-0.4, -0.2) is 21.1 Å². The molecule has 2 aromatic rings. The fraction of sp³-hybridized carbons (Fsp3) is 0.333. The second-order valence-electron chi connectivity index (χ2n) is 3.71. The molecule has 0 amide bonds. The van der Waals surface area contributed by atoms with Gasteiger partial charge < -0.3 is 5.32 Å². The van der Waals surface area contributed by atoms with Gasteiger partial charge in [-0.15, -0.1) is 0 Å². The highest BCUT2D eigenvalue weighted by Crippen LogP contribution is 2.17. The number of rotatable bonds is 3. The van der Waals surface area contributed by atoms with Gasteiger partial charge in [-0.25, -0.2) is 4.98 Å². The number of aromatic nitrogens is 3. The van der Waals surface area contributed by atoms with Crippen LogP contribution in [0.25, 0.3) is 5.69 Å². The highest BCUT2D eigenvalue weighted by molar-refractivity contribution is 5.44. The molecule has 0 radical (unpaired) electrons. The second-order valence-corrected chi connectivity index (χ2v) is 3.71. The Labute approximate surface area is 95.4 Å². The number of imidazole rings is 1. The molecule has 0 aliphatic carbocycles. The molecule has 2 rings (SSSR count). The third kappa shape index (κ3) is 1.91. The van der Waals surface area contributed by atoms with Gasteiger partial charge in [0.05, 0.1) is 11.4 Å². The minimum absolute atomic E-state index is 0.856. The smallest absolute Gasteiger partial charge is 0.207 e. The van der Waals surface area contributed by atoms with Crippen LogP contribution in [-0.2, 0) is 0 Å². The molecule has 0 aromatic carbocycles. The predicted molar refractivity (Wildman–Crippen MR) is 65.0 cm³/mol. The normalized spacial score (nSPS) is 10.4. The molecule has 16 heavy (non-hydrogen) atoms. The van der Waals surface area contributed by atoms with Gasteiger partial charge >= 0.3 is 0 Å². The first kappa shape index (κ1) is 10.7. The predicted octanol–water partition coefficient (Wildman–Crippen LogP) is 2.32. The first-order chi connectivity index (χ1) is 7.72. The number of pyridine rings is 1. The van der Waals surface area contributed by atoms with Crippen LogP contribution < -0.4 is 5.32 Å². The maximum absolute atomic E-state index is 4.45. The van der Waals surface area contributed by atoms with Crippen molar-refractivity contribution in [3.8, 4) is 5.69 Å². The number of aryl methyl sites for hydroxylation is 2. The quantitative estimate of drug-likeness (QED) is 0.856. The number of nitrogens with one attached hydrogen (secondary N) is 1. The summed E-state index contributed by atoms with van der Waals surface area (Å²) < 4.78 is 2.02. The lowest BCUT2D eigenvalue weighted by atomic mass is 10.3. The zero-order chi connectivity index (χ0) is 11.5. The summed E-state index contributed by atoms with van der Waals surface area (Å²) in [6.07, 6.45) is 3.73. The van der Waals surface area contributed by atoms with E-state index in [4.69, 9.17) is 0 Å². The van der Waals surface area contributed by atoms with E-state index >= 15 is 0 Å². The van der Waals surface area contributed by atoms with Crippen LogP contribution in [0.1, 0.15) is 18.3 Å². The molecule has 0 aliphatic heterocycles. The molecule has 0 spiro atoms. The zero-order valence-electron chi connectivity index (χ0n) is 9.86. The van der Waals surface area contributed by atoms with Crippen molar-refractivity contribution in [2.75, 3.05) is 11.9 Å². The van der Waals surface area contributed by atoms with E-state index in [-0.39, 0.29) is 0 Å². The van der Waals surface area contributed by atoms with Crippen molar-refractivity contribution >= 4 is 5.95 Å². The summed E-state index contributed by atoms with van der Waals surface area (Å²) in [6.45, 7) is 6.92. The van der Waals surface area contributed by atoms with Crippen LogP contribution in [0, 0.1) is 13.8 Å². The second kappa shape index (κ2) is 4.35. The molecule has 0 fully saturated rings. The number of nitrogens with zero attached hydrogens (tertiary/aromatic N) is 3. The van der Waals surface area contributed by atoms with Crippen LogP contribution in [0.15, 0.2) is 24.5 Å². The van der Waals surface area contributed by atoms with Gasteiger partial charge in [0, 0.05) is 24.6 Å². The Morgan fingerprint density at radius 3 is 2.81 bits per heavy atom. The van der Waals surface area contributed by atoms with E-state index in [0.29, 0.717) is 0 Å². The van der Waals surface area contributed by atoms with Crippen molar-refractivity contribution in [1.29, 1.82) is 0 Å². The Bertz CT molecular complexity index is 488. The van der Waals surface area contributed by atoms with Gasteiger partial charge in [-0.1, -0.05) is 0 Å². The third-order valence-electron chi connectivity index (χ3n) is 2.43. The lowest BCUT2D eigenvalue weighted by molar-refractivity contribution is 0.978. The minimum atomic E-state index is 0.856. The maximum atomic E-state index is 4.45. The average Bonchev–Trinajstić information content (AvgIpc) is 2.67.